The zero-order valence-corrected chi connectivity index (χ0v) is 13.8. The van der Waals surface area contributed by atoms with Crippen LogP contribution in [0, 0.1) is 11.3 Å². The summed E-state index contributed by atoms with van der Waals surface area (Å²) in [5.74, 6) is 1.10. The zero-order valence-electron chi connectivity index (χ0n) is 13.0. The lowest BCUT2D eigenvalue weighted by Crippen LogP contribution is -2.38. The molecule has 1 unspecified atom stereocenters. The second-order valence-electron chi connectivity index (χ2n) is 5.86. The van der Waals surface area contributed by atoms with Gasteiger partial charge in [0.2, 0.25) is 0 Å². The maximum absolute atomic E-state index is 11.8. The van der Waals surface area contributed by atoms with Gasteiger partial charge in [-0.25, -0.2) is 4.99 Å². The molecule has 1 aromatic rings. The van der Waals surface area contributed by atoms with Crippen LogP contribution in [0.25, 0.3) is 0 Å². The number of allylic oxidation sites excluding steroid dienone is 1. The van der Waals surface area contributed by atoms with Crippen molar-refractivity contribution in [1.82, 2.24) is 0 Å². The number of benzene rings is 1. The van der Waals surface area contributed by atoms with Gasteiger partial charge in [0.1, 0.15) is 5.69 Å². The average molecular weight is 303 g/mol. The number of rotatable bonds is 4. The number of hydrogen-bond acceptors (Lipinski definition) is 4. The van der Waals surface area contributed by atoms with E-state index in [2.05, 4.69) is 13.5 Å². The number of carbonyl (C=O) groups excluding carboxylic acids is 1. The van der Waals surface area contributed by atoms with Crippen LogP contribution < -0.4 is 4.74 Å². The lowest BCUT2D eigenvalue weighted by atomic mass is 9.86. The Balaban J connectivity index is 2.29. The van der Waals surface area contributed by atoms with Gasteiger partial charge in [-0.05, 0) is 26.0 Å². The summed E-state index contributed by atoms with van der Waals surface area (Å²) >= 11 is 1.72. The first kappa shape index (κ1) is 15.8. The summed E-state index contributed by atoms with van der Waals surface area (Å²) in [4.78, 5) is 16.5. The van der Waals surface area contributed by atoms with E-state index in [-0.39, 0.29) is 17.3 Å². The molecule has 4 heteroatoms. The summed E-state index contributed by atoms with van der Waals surface area (Å²) in [5, 5.41) is 1.03. The van der Waals surface area contributed by atoms with E-state index in [9.17, 15) is 4.79 Å². The standard InChI is InChI=1S/C17H21NO2S/c1-11(2)15(19)20-14-9-7-6-8-13(14)18-16-17(5,10-21-16)12(3)4/h6-9,11H,3,10H2,1-2,4-5H3. The van der Waals surface area contributed by atoms with Crippen molar-refractivity contribution in [1.29, 1.82) is 0 Å². The van der Waals surface area contributed by atoms with Crippen molar-refractivity contribution in [3.63, 3.8) is 0 Å². The lowest BCUT2D eigenvalue weighted by molar-refractivity contribution is -0.137. The molecule has 2 rings (SSSR count). The van der Waals surface area contributed by atoms with Crippen molar-refractivity contribution in [3.8, 4) is 5.75 Å². The van der Waals surface area contributed by atoms with Crippen LogP contribution >= 0.6 is 11.8 Å². The predicted molar refractivity (Wildman–Crippen MR) is 89.4 cm³/mol. The summed E-state index contributed by atoms with van der Waals surface area (Å²) in [6.07, 6.45) is 0. The van der Waals surface area contributed by atoms with Crippen molar-refractivity contribution in [2.45, 2.75) is 27.7 Å². The Kier molecular flexibility index (Phi) is 4.57. The first-order chi connectivity index (χ1) is 9.84. The third-order valence-corrected chi connectivity index (χ3v) is 5.22. The molecule has 0 amide bonds. The fraction of sp³-hybridized carbons (Fsp3) is 0.412. The number of esters is 1. The molecule has 0 bridgehead atoms. The topological polar surface area (TPSA) is 38.7 Å². The Morgan fingerprint density at radius 1 is 1.43 bits per heavy atom. The number of para-hydroxylation sites is 2. The summed E-state index contributed by atoms with van der Waals surface area (Å²) in [6, 6.07) is 7.39. The van der Waals surface area contributed by atoms with Gasteiger partial charge in [-0.15, -0.1) is 11.8 Å². The van der Waals surface area contributed by atoms with Crippen LogP contribution in [0.4, 0.5) is 5.69 Å². The predicted octanol–water partition coefficient (Wildman–Crippen LogP) is 4.61. The maximum Gasteiger partial charge on any atom is 0.313 e. The first-order valence-corrected chi connectivity index (χ1v) is 8.02. The SMILES string of the molecule is C=C(C)C1(C)CSC1=Nc1ccccc1OC(=O)C(C)C. The van der Waals surface area contributed by atoms with Crippen LogP contribution in [0.15, 0.2) is 41.4 Å². The van der Waals surface area contributed by atoms with E-state index in [1.54, 1.807) is 17.8 Å². The van der Waals surface area contributed by atoms with Crippen LogP contribution in [-0.2, 0) is 4.79 Å². The van der Waals surface area contributed by atoms with E-state index in [1.165, 1.54) is 0 Å². The normalized spacial score (nSPS) is 23.0. The molecule has 1 aromatic carbocycles. The highest BCUT2D eigenvalue weighted by molar-refractivity contribution is 8.16. The smallest absolute Gasteiger partial charge is 0.313 e. The Labute approximate surface area is 130 Å². The molecule has 1 aliphatic heterocycles. The van der Waals surface area contributed by atoms with Gasteiger partial charge in [-0.3, -0.25) is 4.79 Å². The van der Waals surface area contributed by atoms with Gasteiger partial charge in [-0.1, -0.05) is 38.1 Å². The largest absolute Gasteiger partial charge is 0.424 e. The number of carbonyl (C=O) groups is 1. The molecular weight excluding hydrogens is 282 g/mol. The molecule has 1 aliphatic rings. The fourth-order valence-corrected chi connectivity index (χ4v) is 3.08. The zero-order chi connectivity index (χ0) is 15.6. The van der Waals surface area contributed by atoms with E-state index >= 15 is 0 Å². The van der Waals surface area contributed by atoms with E-state index < -0.39 is 0 Å². The molecule has 1 heterocycles. The van der Waals surface area contributed by atoms with Gasteiger partial charge in [0.25, 0.3) is 0 Å². The first-order valence-electron chi connectivity index (χ1n) is 7.03. The Hall–Kier alpha value is -1.55. The van der Waals surface area contributed by atoms with Gasteiger partial charge in [-0.2, -0.15) is 0 Å². The molecule has 1 saturated heterocycles. The Bertz CT molecular complexity index is 607. The van der Waals surface area contributed by atoms with Crippen molar-refractivity contribution < 1.29 is 9.53 Å². The molecule has 0 N–H and O–H groups in total. The lowest BCUT2D eigenvalue weighted by Gasteiger charge is -2.39. The van der Waals surface area contributed by atoms with Crippen LogP contribution in [0.3, 0.4) is 0 Å². The molecule has 0 aliphatic carbocycles. The van der Waals surface area contributed by atoms with E-state index in [0.717, 1.165) is 16.4 Å². The van der Waals surface area contributed by atoms with Crippen LogP contribution in [0.5, 0.6) is 5.75 Å². The third-order valence-electron chi connectivity index (χ3n) is 3.68. The van der Waals surface area contributed by atoms with E-state index in [1.807, 2.05) is 39.0 Å². The van der Waals surface area contributed by atoms with E-state index in [0.29, 0.717) is 11.4 Å². The minimum atomic E-state index is -0.244. The van der Waals surface area contributed by atoms with Crippen molar-refractivity contribution >= 4 is 28.5 Å². The van der Waals surface area contributed by atoms with Gasteiger partial charge >= 0.3 is 5.97 Å². The quantitative estimate of drug-likeness (QED) is 0.463. The van der Waals surface area contributed by atoms with Gasteiger partial charge in [0.05, 0.1) is 11.0 Å². The maximum atomic E-state index is 11.8. The molecule has 1 atom stereocenters. The molecule has 112 valence electrons. The minimum Gasteiger partial charge on any atom is -0.424 e. The Morgan fingerprint density at radius 3 is 2.62 bits per heavy atom. The molecular formula is C17H21NO2S. The van der Waals surface area contributed by atoms with Crippen LogP contribution in [-0.4, -0.2) is 16.8 Å². The summed E-state index contributed by atoms with van der Waals surface area (Å²) in [7, 11) is 0. The molecule has 3 nitrogen and oxygen atoms in total. The molecule has 1 fully saturated rings. The van der Waals surface area contributed by atoms with Gasteiger partial charge in [0, 0.05) is 11.2 Å². The van der Waals surface area contributed by atoms with E-state index in [4.69, 9.17) is 9.73 Å². The monoisotopic (exact) mass is 303 g/mol. The van der Waals surface area contributed by atoms with Gasteiger partial charge < -0.3 is 4.74 Å². The summed E-state index contributed by atoms with van der Waals surface area (Å²) < 4.78 is 5.43. The van der Waals surface area contributed by atoms with Crippen LogP contribution in [0.1, 0.15) is 27.7 Å². The second kappa shape index (κ2) is 6.06. The number of thioether (sulfide) groups is 1. The summed E-state index contributed by atoms with van der Waals surface area (Å²) in [5.41, 5.74) is 1.75. The van der Waals surface area contributed by atoms with Crippen LogP contribution in [0.2, 0.25) is 0 Å². The van der Waals surface area contributed by atoms with Crippen molar-refractivity contribution in [2.24, 2.45) is 16.3 Å². The number of nitrogens with zero attached hydrogens (tertiary/aromatic N) is 1. The van der Waals surface area contributed by atoms with Gasteiger partial charge in [0.15, 0.2) is 5.75 Å². The van der Waals surface area contributed by atoms with Crippen molar-refractivity contribution in [3.05, 3.63) is 36.4 Å². The molecule has 0 aromatic heterocycles. The number of aliphatic imine (C=N–C) groups is 1. The third kappa shape index (κ3) is 3.21. The second-order valence-corrected chi connectivity index (χ2v) is 6.83. The molecule has 0 saturated carbocycles. The summed E-state index contributed by atoms with van der Waals surface area (Å²) in [6.45, 7) is 11.9. The Morgan fingerprint density at radius 2 is 2.10 bits per heavy atom. The highest BCUT2D eigenvalue weighted by Crippen LogP contribution is 2.47. The molecule has 0 radical (unpaired) electrons. The minimum absolute atomic E-state index is 0.0557. The molecule has 0 spiro atoms. The average Bonchev–Trinajstić information content (AvgIpc) is 2.43. The molecule has 21 heavy (non-hydrogen) atoms. The number of hydrogen-bond donors (Lipinski definition) is 0. The number of ether oxygens (including phenoxy) is 1. The fourth-order valence-electron chi connectivity index (χ4n) is 1.79. The highest BCUT2D eigenvalue weighted by atomic mass is 32.2. The highest BCUT2D eigenvalue weighted by Gasteiger charge is 2.41. The van der Waals surface area contributed by atoms with Crippen molar-refractivity contribution in [2.75, 3.05) is 5.75 Å².